The Kier molecular flexibility index (Phi) is 10.5. The van der Waals surface area contributed by atoms with Gasteiger partial charge in [-0.3, -0.25) is 0 Å². The molecular formula is C11H23ClO3S. The number of hydrogen-bond donors (Lipinski definition) is 0. The first-order valence-corrected chi connectivity index (χ1v) is 8.54. The SMILES string of the molecule is CCCCCCOCCCCCS(=O)(=O)Cl. The lowest BCUT2D eigenvalue weighted by Gasteiger charge is -2.03. The number of halogens is 1. The quantitative estimate of drug-likeness (QED) is 0.427. The van der Waals surface area contributed by atoms with Crippen LogP contribution in [-0.2, 0) is 13.8 Å². The largest absolute Gasteiger partial charge is 0.381 e. The third kappa shape index (κ3) is 14.2. The second-order valence-electron chi connectivity index (χ2n) is 3.98. The van der Waals surface area contributed by atoms with Gasteiger partial charge in [-0.1, -0.05) is 32.6 Å². The lowest BCUT2D eigenvalue weighted by molar-refractivity contribution is 0.126. The van der Waals surface area contributed by atoms with Crippen molar-refractivity contribution < 1.29 is 13.2 Å². The third-order valence-corrected chi connectivity index (χ3v) is 3.56. The van der Waals surface area contributed by atoms with Gasteiger partial charge in [-0.15, -0.1) is 0 Å². The number of rotatable bonds is 11. The summed E-state index contributed by atoms with van der Waals surface area (Å²) in [5, 5.41) is 0. The fourth-order valence-electron chi connectivity index (χ4n) is 1.39. The fraction of sp³-hybridized carbons (Fsp3) is 1.00. The highest BCUT2D eigenvalue weighted by atomic mass is 35.7. The molecule has 0 aliphatic carbocycles. The van der Waals surface area contributed by atoms with Crippen LogP contribution in [0.5, 0.6) is 0 Å². The monoisotopic (exact) mass is 270 g/mol. The van der Waals surface area contributed by atoms with Crippen molar-refractivity contribution in [1.82, 2.24) is 0 Å². The first-order valence-electron chi connectivity index (χ1n) is 6.06. The minimum atomic E-state index is -3.30. The maximum Gasteiger partial charge on any atom is 0.232 e. The van der Waals surface area contributed by atoms with E-state index in [-0.39, 0.29) is 5.75 Å². The smallest absolute Gasteiger partial charge is 0.232 e. The van der Waals surface area contributed by atoms with Gasteiger partial charge in [-0.2, -0.15) is 0 Å². The summed E-state index contributed by atoms with van der Waals surface area (Å²) in [5.41, 5.74) is 0. The van der Waals surface area contributed by atoms with Gasteiger partial charge in [0.25, 0.3) is 0 Å². The average Bonchev–Trinajstić information content (AvgIpc) is 2.19. The van der Waals surface area contributed by atoms with Gasteiger partial charge in [0.15, 0.2) is 0 Å². The number of unbranched alkanes of at least 4 members (excludes halogenated alkanes) is 5. The van der Waals surface area contributed by atoms with Crippen LogP contribution < -0.4 is 0 Å². The van der Waals surface area contributed by atoms with E-state index in [0.29, 0.717) is 6.42 Å². The van der Waals surface area contributed by atoms with Crippen molar-refractivity contribution in [3.63, 3.8) is 0 Å². The molecule has 0 aromatic carbocycles. The third-order valence-electron chi connectivity index (χ3n) is 2.32. The van der Waals surface area contributed by atoms with Gasteiger partial charge in [0, 0.05) is 23.9 Å². The highest BCUT2D eigenvalue weighted by molar-refractivity contribution is 8.13. The summed E-state index contributed by atoms with van der Waals surface area (Å²) in [6.45, 7) is 3.74. The Balaban J connectivity index is 3.05. The molecule has 0 aromatic rings. The summed E-state index contributed by atoms with van der Waals surface area (Å²) in [6.07, 6.45) is 7.29. The van der Waals surface area contributed by atoms with Gasteiger partial charge in [-0.05, 0) is 19.3 Å². The van der Waals surface area contributed by atoms with E-state index >= 15 is 0 Å². The molecule has 0 unspecified atom stereocenters. The van der Waals surface area contributed by atoms with Crippen LogP contribution >= 0.6 is 10.7 Å². The van der Waals surface area contributed by atoms with Crippen molar-refractivity contribution >= 4 is 19.7 Å². The van der Waals surface area contributed by atoms with E-state index in [4.69, 9.17) is 15.4 Å². The molecular weight excluding hydrogens is 248 g/mol. The lowest BCUT2D eigenvalue weighted by Crippen LogP contribution is -2.00. The molecule has 0 fully saturated rings. The Hall–Kier alpha value is 0.200. The van der Waals surface area contributed by atoms with Gasteiger partial charge in [0.2, 0.25) is 9.05 Å². The predicted molar refractivity (Wildman–Crippen MR) is 68.5 cm³/mol. The summed E-state index contributed by atoms with van der Waals surface area (Å²) in [7, 11) is 1.78. The van der Waals surface area contributed by atoms with Gasteiger partial charge in [0.05, 0.1) is 5.75 Å². The van der Waals surface area contributed by atoms with Crippen molar-refractivity contribution in [3.05, 3.63) is 0 Å². The molecule has 0 heterocycles. The molecule has 0 atom stereocenters. The van der Waals surface area contributed by atoms with Gasteiger partial charge in [-0.25, -0.2) is 8.42 Å². The van der Waals surface area contributed by atoms with Crippen molar-refractivity contribution in [2.24, 2.45) is 0 Å². The van der Waals surface area contributed by atoms with E-state index in [1.807, 2.05) is 0 Å². The average molecular weight is 271 g/mol. The van der Waals surface area contributed by atoms with Crippen molar-refractivity contribution in [3.8, 4) is 0 Å². The molecule has 0 spiro atoms. The van der Waals surface area contributed by atoms with Crippen LogP contribution in [-0.4, -0.2) is 27.4 Å². The minimum Gasteiger partial charge on any atom is -0.381 e. The molecule has 3 nitrogen and oxygen atoms in total. The van der Waals surface area contributed by atoms with E-state index in [9.17, 15) is 8.42 Å². The van der Waals surface area contributed by atoms with Crippen LogP contribution in [0.2, 0.25) is 0 Å². The Morgan fingerprint density at radius 1 is 0.938 bits per heavy atom. The highest BCUT2D eigenvalue weighted by Crippen LogP contribution is 2.04. The van der Waals surface area contributed by atoms with Crippen molar-refractivity contribution in [1.29, 1.82) is 0 Å². The van der Waals surface area contributed by atoms with Crippen LogP contribution in [0.3, 0.4) is 0 Å². The van der Waals surface area contributed by atoms with E-state index < -0.39 is 9.05 Å². The molecule has 16 heavy (non-hydrogen) atoms. The Morgan fingerprint density at radius 3 is 2.00 bits per heavy atom. The maximum atomic E-state index is 10.6. The normalized spacial score (nSPS) is 11.9. The van der Waals surface area contributed by atoms with Gasteiger partial charge < -0.3 is 4.74 Å². The van der Waals surface area contributed by atoms with Gasteiger partial charge in [0.1, 0.15) is 0 Å². The molecule has 0 saturated carbocycles. The first kappa shape index (κ1) is 16.2. The molecule has 0 N–H and O–H groups in total. The number of hydrogen-bond acceptors (Lipinski definition) is 3. The Morgan fingerprint density at radius 2 is 1.50 bits per heavy atom. The van der Waals surface area contributed by atoms with Gasteiger partial charge >= 0.3 is 0 Å². The molecule has 5 heteroatoms. The topological polar surface area (TPSA) is 43.4 Å². The summed E-state index contributed by atoms with van der Waals surface area (Å²) in [6, 6.07) is 0. The van der Waals surface area contributed by atoms with Crippen molar-refractivity contribution in [2.45, 2.75) is 51.9 Å². The molecule has 0 aromatic heterocycles. The van der Waals surface area contributed by atoms with E-state index in [1.54, 1.807) is 0 Å². The second kappa shape index (κ2) is 10.4. The second-order valence-corrected chi connectivity index (χ2v) is 6.87. The molecule has 0 aliphatic heterocycles. The minimum absolute atomic E-state index is 0.0745. The zero-order chi connectivity index (χ0) is 12.3. The molecule has 0 aliphatic rings. The predicted octanol–water partition coefficient (Wildman–Crippen LogP) is 3.32. The molecule has 0 saturated heterocycles. The molecule has 98 valence electrons. The summed E-state index contributed by atoms with van der Waals surface area (Å²) < 4.78 is 26.6. The molecule has 0 radical (unpaired) electrons. The van der Waals surface area contributed by atoms with Crippen LogP contribution in [0, 0.1) is 0 Å². The lowest BCUT2D eigenvalue weighted by atomic mass is 10.2. The first-order chi connectivity index (χ1) is 7.56. The standard InChI is InChI=1S/C11H23ClO3S/c1-2-3-4-6-9-15-10-7-5-8-11-16(12,13)14/h2-11H2,1H3. The Labute approximate surface area is 104 Å². The Bertz CT molecular complexity index is 240. The zero-order valence-electron chi connectivity index (χ0n) is 10.1. The van der Waals surface area contributed by atoms with Crippen LogP contribution in [0.1, 0.15) is 51.9 Å². The van der Waals surface area contributed by atoms with E-state index in [2.05, 4.69) is 6.92 Å². The van der Waals surface area contributed by atoms with Crippen LogP contribution in [0.4, 0.5) is 0 Å². The fourth-order valence-corrected chi connectivity index (χ4v) is 2.26. The van der Waals surface area contributed by atoms with E-state index in [1.165, 1.54) is 19.3 Å². The van der Waals surface area contributed by atoms with Crippen LogP contribution in [0.25, 0.3) is 0 Å². The van der Waals surface area contributed by atoms with E-state index in [0.717, 1.165) is 32.5 Å². The molecule has 0 bridgehead atoms. The summed E-state index contributed by atoms with van der Waals surface area (Å²) in [5.74, 6) is 0.0745. The zero-order valence-corrected chi connectivity index (χ0v) is 11.7. The summed E-state index contributed by atoms with van der Waals surface area (Å²) >= 11 is 0. The maximum absolute atomic E-state index is 10.6. The van der Waals surface area contributed by atoms with Crippen molar-refractivity contribution in [2.75, 3.05) is 19.0 Å². The molecule has 0 rings (SSSR count). The summed E-state index contributed by atoms with van der Waals surface area (Å²) in [4.78, 5) is 0. The number of ether oxygens (including phenoxy) is 1. The van der Waals surface area contributed by atoms with Crippen LogP contribution in [0.15, 0.2) is 0 Å². The molecule has 0 amide bonds. The highest BCUT2D eigenvalue weighted by Gasteiger charge is 2.03.